The zero-order valence-electron chi connectivity index (χ0n) is 16.2. The van der Waals surface area contributed by atoms with Gasteiger partial charge in [0.2, 0.25) is 0 Å². The van der Waals surface area contributed by atoms with Crippen molar-refractivity contribution in [1.82, 2.24) is 9.80 Å². The number of anilines is 1. The van der Waals surface area contributed by atoms with Gasteiger partial charge in [-0.3, -0.25) is 9.69 Å². The maximum Gasteiger partial charge on any atom is 0.256 e. The quantitative estimate of drug-likeness (QED) is 0.768. The number of carbonyl (C=O) groups excluding carboxylic acids is 1. The van der Waals surface area contributed by atoms with Gasteiger partial charge in [-0.2, -0.15) is 0 Å². The fourth-order valence-electron chi connectivity index (χ4n) is 4.16. The first-order valence-corrected chi connectivity index (χ1v) is 9.83. The Hall–Kier alpha value is -2.44. The summed E-state index contributed by atoms with van der Waals surface area (Å²) in [5.41, 5.74) is 2.79. The van der Waals surface area contributed by atoms with Crippen LogP contribution in [0.15, 0.2) is 48.5 Å². The van der Waals surface area contributed by atoms with Crippen molar-refractivity contribution in [1.29, 1.82) is 0 Å². The topological polar surface area (TPSA) is 36.0 Å². The Labute approximate surface area is 165 Å². The fourth-order valence-corrected chi connectivity index (χ4v) is 4.16. The number of carbonyl (C=O) groups is 1. The van der Waals surface area contributed by atoms with Crippen molar-refractivity contribution in [3.8, 4) is 0 Å². The molecule has 1 atom stereocenters. The standard InChI is InChI=1S/C22H26FN3O2/c1-28-22-20-6-3-2-5-19(20)21(27)26(22)12-4-11-24-13-15-25(16-14-24)18-9-7-17(23)8-10-18/h2-3,5-10,22H,4,11-16H2,1H3. The highest BCUT2D eigenvalue weighted by molar-refractivity contribution is 5.98. The average Bonchev–Trinajstić information content (AvgIpc) is 3.01. The molecule has 2 heterocycles. The summed E-state index contributed by atoms with van der Waals surface area (Å²) >= 11 is 0. The maximum atomic E-state index is 13.1. The van der Waals surface area contributed by atoms with Crippen LogP contribution in [0.2, 0.25) is 0 Å². The Morgan fingerprint density at radius 1 is 1.00 bits per heavy atom. The van der Waals surface area contributed by atoms with Gasteiger partial charge in [0, 0.05) is 56.6 Å². The molecule has 2 aliphatic rings. The number of fused-ring (bicyclic) bond motifs is 1. The molecule has 0 saturated carbocycles. The number of piperazine rings is 1. The van der Waals surface area contributed by atoms with Gasteiger partial charge in [-0.1, -0.05) is 18.2 Å². The Balaban J connectivity index is 1.26. The van der Waals surface area contributed by atoms with E-state index in [1.807, 2.05) is 41.3 Å². The molecule has 0 spiro atoms. The molecule has 1 amide bonds. The first-order valence-electron chi connectivity index (χ1n) is 9.83. The average molecular weight is 383 g/mol. The lowest BCUT2D eigenvalue weighted by Gasteiger charge is -2.36. The van der Waals surface area contributed by atoms with Gasteiger partial charge in [-0.25, -0.2) is 4.39 Å². The fraction of sp³-hybridized carbons (Fsp3) is 0.409. The highest BCUT2D eigenvalue weighted by Gasteiger charge is 2.36. The second-order valence-corrected chi connectivity index (χ2v) is 7.33. The van der Waals surface area contributed by atoms with E-state index < -0.39 is 0 Å². The molecule has 148 valence electrons. The molecule has 2 aliphatic heterocycles. The summed E-state index contributed by atoms with van der Waals surface area (Å²) in [4.78, 5) is 19.2. The van der Waals surface area contributed by atoms with Gasteiger partial charge in [0.25, 0.3) is 5.91 Å². The number of benzene rings is 2. The summed E-state index contributed by atoms with van der Waals surface area (Å²) in [7, 11) is 1.65. The monoisotopic (exact) mass is 383 g/mol. The van der Waals surface area contributed by atoms with E-state index in [4.69, 9.17) is 4.74 Å². The van der Waals surface area contributed by atoms with Gasteiger partial charge in [0.05, 0.1) is 0 Å². The van der Waals surface area contributed by atoms with E-state index in [1.165, 1.54) is 12.1 Å². The van der Waals surface area contributed by atoms with Crippen LogP contribution >= 0.6 is 0 Å². The Bertz CT molecular complexity index is 819. The summed E-state index contributed by atoms with van der Waals surface area (Å²) in [6.45, 7) is 5.44. The predicted molar refractivity (Wildman–Crippen MR) is 107 cm³/mol. The summed E-state index contributed by atoms with van der Waals surface area (Å²) < 4.78 is 18.7. The largest absolute Gasteiger partial charge is 0.369 e. The lowest BCUT2D eigenvalue weighted by molar-refractivity contribution is -0.0137. The van der Waals surface area contributed by atoms with Crippen molar-refractivity contribution in [2.45, 2.75) is 12.6 Å². The molecular weight excluding hydrogens is 357 g/mol. The molecule has 0 bridgehead atoms. The van der Waals surface area contributed by atoms with Crippen LogP contribution in [0.1, 0.15) is 28.6 Å². The Morgan fingerprint density at radius 2 is 1.71 bits per heavy atom. The molecule has 0 radical (unpaired) electrons. The molecule has 5 nitrogen and oxygen atoms in total. The second-order valence-electron chi connectivity index (χ2n) is 7.33. The molecule has 1 fully saturated rings. The smallest absolute Gasteiger partial charge is 0.256 e. The SMILES string of the molecule is COC1c2ccccc2C(=O)N1CCCN1CCN(c2ccc(F)cc2)CC1. The summed E-state index contributed by atoms with van der Waals surface area (Å²) in [6, 6.07) is 14.4. The van der Waals surface area contributed by atoms with Crippen molar-refractivity contribution in [3.63, 3.8) is 0 Å². The van der Waals surface area contributed by atoms with Crippen LogP contribution in [0.3, 0.4) is 0 Å². The number of rotatable bonds is 6. The molecule has 2 aromatic carbocycles. The molecule has 28 heavy (non-hydrogen) atoms. The lowest BCUT2D eigenvalue weighted by atomic mass is 10.1. The summed E-state index contributed by atoms with van der Waals surface area (Å²) in [5.74, 6) is -0.140. The van der Waals surface area contributed by atoms with Crippen LogP contribution in [0.4, 0.5) is 10.1 Å². The van der Waals surface area contributed by atoms with Crippen LogP contribution in [0.5, 0.6) is 0 Å². The van der Waals surface area contributed by atoms with E-state index in [2.05, 4.69) is 9.80 Å². The minimum Gasteiger partial charge on any atom is -0.369 e. The van der Waals surface area contributed by atoms with Crippen LogP contribution in [-0.4, -0.2) is 62.1 Å². The van der Waals surface area contributed by atoms with Crippen molar-refractivity contribution < 1.29 is 13.9 Å². The van der Waals surface area contributed by atoms with E-state index in [0.717, 1.165) is 56.0 Å². The van der Waals surface area contributed by atoms with Gasteiger partial charge >= 0.3 is 0 Å². The van der Waals surface area contributed by atoms with Gasteiger partial charge in [-0.05, 0) is 43.3 Å². The zero-order valence-corrected chi connectivity index (χ0v) is 16.2. The highest BCUT2D eigenvalue weighted by atomic mass is 19.1. The molecule has 6 heteroatoms. The third-order valence-electron chi connectivity index (χ3n) is 5.66. The first kappa shape index (κ1) is 18.9. The third-order valence-corrected chi connectivity index (χ3v) is 5.66. The van der Waals surface area contributed by atoms with E-state index in [0.29, 0.717) is 6.54 Å². The van der Waals surface area contributed by atoms with E-state index in [1.54, 1.807) is 7.11 Å². The van der Waals surface area contributed by atoms with Crippen molar-refractivity contribution >= 4 is 11.6 Å². The number of hydrogen-bond donors (Lipinski definition) is 0. The maximum absolute atomic E-state index is 13.1. The van der Waals surface area contributed by atoms with Crippen LogP contribution < -0.4 is 4.90 Å². The van der Waals surface area contributed by atoms with E-state index >= 15 is 0 Å². The molecule has 1 saturated heterocycles. The van der Waals surface area contributed by atoms with Crippen molar-refractivity contribution in [2.24, 2.45) is 0 Å². The summed E-state index contributed by atoms with van der Waals surface area (Å²) in [6.07, 6.45) is 0.634. The normalized spacial score (nSPS) is 19.9. The number of ether oxygens (including phenoxy) is 1. The van der Waals surface area contributed by atoms with Crippen LogP contribution in [0, 0.1) is 5.82 Å². The second kappa shape index (κ2) is 8.29. The van der Waals surface area contributed by atoms with Gasteiger partial charge < -0.3 is 14.5 Å². The minimum absolute atomic E-state index is 0.0589. The zero-order chi connectivity index (χ0) is 19.5. The Kier molecular flexibility index (Phi) is 5.59. The van der Waals surface area contributed by atoms with E-state index in [-0.39, 0.29) is 18.0 Å². The van der Waals surface area contributed by atoms with Crippen LogP contribution in [0.25, 0.3) is 0 Å². The molecule has 0 aromatic heterocycles. The number of amides is 1. The molecule has 0 aliphatic carbocycles. The molecular formula is C22H26FN3O2. The van der Waals surface area contributed by atoms with Gasteiger partial charge in [-0.15, -0.1) is 0 Å². The highest BCUT2D eigenvalue weighted by Crippen LogP contribution is 2.33. The summed E-state index contributed by atoms with van der Waals surface area (Å²) in [5, 5.41) is 0. The number of hydrogen-bond acceptors (Lipinski definition) is 4. The number of methoxy groups -OCH3 is 1. The van der Waals surface area contributed by atoms with Gasteiger partial charge in [0.15, 0.2) is 6.23 Å². The van der Waals surface area contributed by atoms with Gasteiger partial charge in [0.1, 0.15) is 5.82 Å². The number of nitrogens with zero attached hydrogens (tertiary/aromatic N) is 3. The van der Waals surface area contributed by atoms with Crippen LogP contribution in [-0.2, 0) is 4.74 Å². The molecule has 4 rings (SSSR count). The molecule has 0 N–H and O–H groups in total. The minimum atomic E-state index is -0.279. The lowest BCUT2D eigenvalue weighted by Crippen LogP contribution is -2.47. The van der Waals surface area contributed by atoms with E-state index in [9.17, 15) is 9.18 Å². The van der Waals surface area contributed by atoms with Crippen molar-refractivity contribution in [2.75, 3.05) is 51.3 Å². The Morgan fingerprint density at radius 3 is 2.43 bits per heavy atom. The third kappa shape index (κ3) is 3.75. The molecule has 1 unspecified atom stereocenters. The predicted octanol–water partition coefficient (Wildman–Crippen LogP) is 3.14. The van der Waals surface area contributed by atoms with Crippen molar-refractivity contribution in [3.05, 3.63) is 65.5 Å². The number of halogens is 1. The first-order chi connectivity index (χ1) is 13.7. The molecule has 2 aromatic rings.